The summed E-state index contributed by atoms with van der Waals surface area (Å²) in [6, 6.07) is 0. The minimum absolute atomic E-state index is 0.0874. The number of fused-ring (bicyclic) bond motifs is 1. The van der Waals surface area contributed by atoms with Gasteiger partial charge in [0.15, 0.2) is 5.65 Å². The van der Waals surface area contributed by atoms with Gasteiger partial charge in [0.1, 0.15) is 5.82 Å². The lowest BCUT2D eigenvalue weighted by atomic mass is 9.97. The summed E-state index contributed by atoms with van der Waals surface area (Å²) >= 11 is 0. The number of anilines is 1. The molecule has 2 N–H and O–H groups in total. The standard InChI is InChI=1S/C17H23N5O/c23-17(20-8-6-14-4-2-1-3-5-14)7-9-19-16-13-21-15-12-18-10-11-22(15)16/h4,10-13,19H,1-3,5-9H2,(H,20,23). The summed E-state index contributed by atoms with van der Waals surface area (Å²) in [5.74, 6) is 0.965. The predicted octanol–water partition coefficient (Wildman–Crippen LogP) is 2.54. The number of nitrogens with zero attached hydrogens (tertiary/aromatic N) is 3. The predicted molar refractivity (Wildman–Crippen MR) is 90.3 cm³/mol. The van der Waals surface area contributed by atoms with Crippen molar-refractivity contribution >= 4 is 17.4 Å². The zero-order chi connectivity index (χ0) is 15.9. The van der Waals surface area contributed by atoms with Gasteiger partial charge in [-0.15, -0.1) is 0 Å². The van der Waals surface area contributed by atoms with Crippen molar-refractivity contribution in [1.29, 1.82) is 0 Å². The summed E-state index contributed by atoms with van der Waals surface area (Å²) < 4.78 is 1.92. The number of imidazole rings is 1. The quantitative estimate of drug-likeness (QED) is 0.771. The Labute approximate surface area is 136 Å². The van der Waals surface area contributed by atoms with Crippen LogP contribution in [0.5, 0.6) is 0 Å². The van der Waals surface area contributed by atoms with Gasteiger partial charge < -0.3 is 10.6 Å². The zero-order valence-corrected chi connectivity index (χ0v) is 13.3. The Morgan fingerprint density at radius 1 is 1.26 bits per heavy atom. The van der Waals surface area contributed by atoms with E-state index in [-0.39, 0.29) is 5.91 Å². The van der Waals surface area contributed by atoms with Gasteiger partial charge in [0.05, 0.1) is 12.4 Å². The molecular weight excluding hydrogens is 290 g/mol. The highest BCUT2D eigenvalue weighted by molar-refractivity contribution is 5.76. The molecule has 0 atom stereocenters. The highest BCUT2D eigenvalue weighted by atomic mass is 16.1. The first-order valence-corrected chi connectivity index (χ1v) is 8.28. The van der Waals surface area contributed by atoms with Gasteiger partial charge in [0.25, 0.3) is 0 Å². The third kappa shape index (κ3) is 4.31. The largest absolute Gasteiger partial charge is 0.369 e. The number of nitrogens with one attached hydrogen (secondary N) is 2. The molecule has 0 fully saturated rings. The van der Waals surface area contributed by atoms with Crippen LogP contribution in [0.2, 0.25) is 0 Å². The van der Waals surface area contributed by atoms with E-state index in [9.17, 15) is 4.79 Å². The van der Waals surface area contributed by atoms with Crippen LogP contribution in [0, 0.1) is 0 Å². The summed E-state index contributed by atoms with van der Waals surface area (Å²) in [7, 11) is 0. The average molecular weight is 313 g/mol. The van der Waals surface area contributed by atoms with Gasteiger partial charge in [-0.3, -0.25) is 14.2 Å². The molecule has 0 aliphatic heterocycles. The molecule has 0 bridgehead atoms. The Morgan fingerprint density at radius 3 is 3.09 bits per heavy atom. The zero-order valence-electron chi connectivity index (χ0n) is 13.3. The maximum atomic E-state index is 11.9. The molecule has 0 unspecified atom stereocenters. The summed E-state index contributed by atoms with van der Waals surface area (Å²) in [6.45, 7) is 1.33. The Bertz CT molecular complexity index is 691. The van der Waals surface area contributed by atoms with Gasteiger partial charge in [-0.1, -0.05) is 11.6 Å². The smallest absolute Gasteiger partial charge is 0.221 e. The van der Waals surface area contributed by atoms with Gasteiger partial charge in [0.2, 0.25) is 5.91 Å². The second kappa shape index (κ2) is 7.76. The first-order chi connectivity index (χ1) is 11.3. The van der Waals surface area contributed by atoms with Crippen LogP contribution in [0.3, 0.4) is 0 Å². The van der Waals surface area contributed by atoms with Crippen molar-refractivity contribution in [2.45, 2.75) is 38.5 Å². The topological polar surface area (TPSA) is 71.3 Å². The van der Waals surface area contributed by atoms with Crippen molar-refractivity contribution in [2.75, 3.05) is 18.4 Å². The Hall–Kier alpha value is -2.37. The number of carbonyl (C=O) groups excluding carboxylic acids is 1. The van der Waals surface area contributed by atoms with Crippen molar-refractivity contribution in [3.05, 3.63) is 36.4 Å². The fourth-order valence-corrected chi connectivity index (χ4v) is 2.86. The van der Waals surface area contributed by atoms with Crippen LogP contribution in [0.25, 0.3) is 5.65 Å². The number of carbonyl (C=O) groups is 1. The Balaban J connectivity index is 1.37. The molecule has 0 saturated carbocycles. The normalized spacial score (nSPS) is 14.5. The van der Waals surface area contributed by atoms with Gasteiger partial charge in [-0.2, -0.15) is 0 Å². The molecule has 122 valence electrons. The molecule has 2 heterocycles. The summed E-state index contributed by atoms with van der Waals surface area (Å²) in [4.78, 5) is 20.1. The van der Waals surface area contributed by atoms with Crippen molar-refractivity contribution in [1.82, 2.24) is 19.7 Å². The van der Waals surface area contributed by atoms with Gasteiger partial charge in [-0.25, -0.2) is 4.98 Å². The van der Waals surface area contributed by atoms with E-state index in [1.165, 1.54) is 31.3 Å². The van der Waals surface area contributed by atoms with Gasteiger partial charge in [-0.05, 0) is 32.1 Å². The molecule has 3 rings (SSSR count). The summed E-state index contributed by atoms with van der Waals surface area (Å²) in [5.41, 5.74) is 2.29. The fraction of sp³-hybridized carbons (Fsp3) is 0.471. The van der Waals surface area contributed by atoms with E-state index < -0.39 is 0 Å². The summed E-state index contributed by atoms with van der Waals surface area (Å²) in [5, 5.41) is 6.23. The fourth-order valence-electron chi connectivity index (χ4n) is 2.86. The Morgan fingerprint density at radius 2 is 2.22 bits per heavy atom. The molecular formula is C17H23N5O. The van der Waals surface area contributed by atoms with E-state index in [0.717, 1.165) is 24.4 Å². The maximum Gasteiger partial charge on any atom is 0.221 e. The lowest BCUT2D eigenvalue weighted by Crippen LogP contribution is -2.26. The molecule has 0 spiro atoms. The lowest BCUT2D eigenvalue weighted by Gasteiger charge is -2.13. The third-order valence-electron chi connectivity index (χ3n) is 4.13. The molecule has 0 aromatic carbocycles. The van der Waals surface area contributed by atoms with Crippen molar-refractivity contribution < 1.29 is 4.79 Å². The first-order valence-electron chi connectivity index (χ1n) is 8.28. The van der Waals surface area contributed by atoms with Crippen LogP contribution in [0.15, 0.2) is 36.4 Å². The van der Waals surface area contributed by atoms with Gasteiger partial charge in [0, 0.05) is 31.9 Å². The number of hydrogen-bond donors (Lipinski definition) is 2. The third-order valence-corrected chi connectivity index (χ3v) is 4.13. The number of rotatable bonds is 7. The average Bonchev–Trinajstić information content (AvgIpc) is 2.99. The number of hydrogen-bond acceptors (Lipinski definition) is 4. The molecule has 0 radical (unpaired) electrons. The van der Waals surface area contributed by atoms with E-state index in [0.29, 0.717) is 13.0 Å². The lowest BCUT2D eigenvalue weighted by molar-refractivity contribution is -0.120. The molecule has 1 aliphatic rings. The summed E-state index contributed by atoms with van der Waals surface area (Å²) in [6.07, 6.45) is 15.8. The van der Waals surface area contributed by atoms with Crippen LogP contribution in [-0.2, 0) is 4.79 Å². The van der Waals surface area contributed by atoms with E-state index in [1.54, 1.807) is 18.6 Å². The van der Waals surface area contributed by atoms with Crippen molar-refractivity contribution in [3.63, 3.8) is 0 Å². The van der Waals surface area contributed by atoms with E-state index in [1.807, 2.05) is 10.6 Å². The molecule has 6 nitrogen and oxygen atoms in total. The van der Waals surface area contributed by atoms with E-state index >= 15 is 0 Å². The highest BCUT2D eigenvalue weighted by Crippen LogP contribution is 2.19. The van der Waals surface area contributed by atoms with Crippen LogP contribution in [0.1, 0.15) is 38.5 Å². The SMILES string of the molecule is O=C(CCNc1cnc2cnccn12)NCCC1=CCCCC1. The number of allylic oxidation sites excluding steroid dienone is 1. The van der Waals surface area contributed by atoms with Crippen LogP contribution in [0.4, 0.5) is 5.82 Å². The molecule has 0 saturated heterocycles. The molecule has 23 heavy (non-hydrogen) atoms. The second-order valence-corrected chi connectivity index (χ2v) is 5.83. The van der Waals surface area contributed by atoms with E-state index in [4.69, 9.17) is 0 Å². The number of aromatic nitrogens is 3. The van der Waals surface area contributed by atoms with Crippen molar-refractivity contribution in [3.8, 4) is 0 Å². The number of amides is 1. The van der Waals surface area contributed by atoms with Gasteiger partial charge >= 0.3 is 0 Å². The highest BCUT2D eigenvalue weighted by Gasteiger charge is 2.06. The van der Waals surface area contributed by atoms with Crippen molar-refractivity contribution in [2.24, 2.45) is 0 Å². The second-order valence-electron chi connectivity index (χ2n) is 5.83. The molecule has 1 amide bonds. The van der Waals surface area contributed by atoms with Crippen LogP contribution >= 0.6 is 0 Å². The Kier molecular flexibility index (Phi) is 5.24. The maximum absolute atomic E-state index is 11.9. The van der Waals surface area contributed by atoms with E-state index in [2.05, 4.69) is 26.7 Å². The molecule has 6 heteroatoms. The molecule has 1 aliphatic carbocycles. The molecule has 2 aromatic heterocycles. The molecule has 2 aromatic rings. The minimum Gasteiger partial charge on any atom is -0.369 e. The van der Waals surface area contributed by atoms with Crippen LogP contribution < -0.4 is 10.6 Å². The monoisotopic (exact) mass is 313 g/mol. The minimum atomic E-state index is 0.0874. The first kappa shape index (κ1) is 15.5. The van der Waals surface area contributed by atoms with Crippen LogP contribution in [-0.4, -0.2) is 33.4 Å².